The van der Waals surface area contributed by atoms with Crippen molar-refractivity contribution in [3.63, 3.8) is 0 Å². The topological polar surface area (TPSA) is 85.0 Å². The quantitative estimate of drug-likeness (QED) is 0.760. The third-order valence-electron chi connectivity index (χ3n) is 2.56. The van der Waals surface area contributed by atoms with E-state index >= 15 is 0 Å². The number of aromatic nitrogens is 2. The third-order valence-corrected chi connectivity index (χ3v) is 3.11. The Bertz CT molecular complexity index is 670. The molecule has 1 aromatic heterocycles. The zero-order valence-corrected chi connectivity index (χ0v) is 12.1. The summed E-state index contributed by atoms with van der Waals surface area (Å²) in [5, 5.41) is 9.72. The molecular weight excluding hydrogens is 298 g/mol. The van der Waals surface area contributed by atoms with Crippen molar-refractivity contribution in [2.75, 3.05) is 10.6 Å². The molecule has 0 saturated heterocycles. The lowest BCUT2D eigenvalue weighted by Crippen LogP contribution is -2.23. The van der Waals surface area contributed by atoms with Gasteiger partial charge in [0, 0.05) is 7.05 Å². The van der Waals surface area contributed by atoms with Gasteiger partial charge >= 0.3 is 6.03 Å². The first-order valence-corrected chi connectivity index (χ1v) is 6.42. The number of thiocarbonyl (C=S) groups is 1. The van der Waals surface area contributed by atoms with Crippen molar-refractivity contribution >= 4 is 46.3 Å². The lowest BCUT2D eigenvalue weighted by atomic mass is 10.3. The van der Waals surface area contributed by atoms with E-state index in [0.717, 1.165) is 0 Å². The first kappa shape index (κ1) is 14.3. The summed E-state index contributed by atoms with van der Waals surface area (Å²) in [7, 11) is 1.67. The van der Waals surface area contributed by atoms with Crippen LogP contribution in [0.1, 0.15) is 5.56 Å². The Kier molecular flexibility index (Phi) is 4.21. The molecule has 0 bridgehead atoms. The third kappa shape index (κ3) is 3.06. The molecule has 4 N–H and O–H groups in total. The van der Waals surface area contributed by atoms with Gasteiger partial charge < -0.3 is 11.1 Å². The molecular formula is C12H12ClN5OS. The summed E-state index contributed by atoms with van der Waals surface area (Å²) in [6.45, 7) is 0. The molecule has 1 aromatic carbocycles. The van der Waals surface area contributed by atoms with Gasteiger partial charge in [0.05, 0.1) is 22.5 Å². The van der Waals surface area contributed by atoms with Gasteiger partial charge in [-0.15, -0.1) is 0 Å². The van der Waals surface area contributed by atoms with E-state index in [4.69, 9.17) is 29.6 Å². The molecule has 6 nitrogen and oxygen atoms in total. The average molecular weight is 310 g/mol. The highest BCUT2D eigenvalue weighted by molar-refractivity contribution is 7.80. The molecule has 1 heterocycles. The number of nitrogens with zero attached hydrogens (tertiary/aromatic N) is 2. The van der Waals surface area contributed by atoms with Crippen LogP contribution in [-0.2, 0) is 7.05 Å². The fraction of sp³-hybridized carbons (Fsp3) is 0.0833. The summed E-state index contributed by atoms with van der Waals surface area (Å²) in [4.78, 5) is 12.1. The van der Waals surface area contributed by atoms with Crippen LogP contribution in [0.3, 0.4) is 0 Å². The Balaban J connectivity index is 2.15. The fourth-order valence-corrected chi connectivity index (χ4v) is 1.92. The molecule has 0 aliphatic rings. The number of rotatable bonds is 3. The number of aryl methyl sites for hydroxylation is 1. The fourth-order valence-electron chi connectivity index (χ4n) is 1.59. The highest BCUT2D eigenvalue weighted by atomic mass is 35.5. The number of hydrogen-bond acceptors (Lipinski definition) is 3. The van der Waals surface area contributed by atoms with Gasteiger partial charge in [0.15, 0.2) is 0 Å². The van der Waals surface area contributed by atoms with E-state index < -0.39 is 6.03 Å². The van der Waals surface area contributed by atoms with Crippen LogP contribution in [0.25, 0.3) is 0 Å². The predicted octanol–water partition coefficient (Wildman–Crippen LogP) is 2.35. The van der Waals surface area contributed by atoms with E-state index in [2.05, 4.69) is 15.7 Å². The second-order valence-corrected chi connectivity index (χ2v) is 4.80. The average Bonchev–Trinajstić information content (AvgIpc) is 2.74. The molecule has 0 radical (unpaired) electrons. The summed E-state index contributed by atoms with van der Waals surface area (Å²) in [6.07, 6.45) is 1.49. The number of nitrogens with one attached hydrogen (secondary N) is 2. The molecule has 0 aliphatic heterocycles. The van der Waals surface area contributed by atoms with Gasteiger partial charge in [0.25, 0.3) is 0 Å². The number of urea groups is 1. The van der Waals surface area contributed by atoms with Gasteiger partial charge in [0.1, 0.15) is 10.8 Å². The van der Waals surface area contributed by atoms with Crippen molar-refractivity contribution in [1.82, 2.24) is 9.78 Å². The largest absolute Gasteiger partial charge is 0.389 e. The molecule has 2 amide bonds. The summed E-state index contributed by atoms with van der Waals surface area (Å²) >= 11 is 10.9. The van der Waals surface area contributed by atoms with Crippen LogP contribution in [0, 0.1) is 0 Å². The number of amides is 2. The zero-order valence-electron chi connectivity index (χ0n) is 10.6. The molecule has 2 rings (SSSR count). The maximum absolute atomic E-state index is 12.0. The summed E-state index contributed by atoms with van der Waals surface area (Å²) in [6, 6.07) is 6.46. The number of nitrogens with two attached hydrogens (primary N) is 1. The van der Waals surface area contributed by atoms with Crippen molar-refractivity contribution in [3.05, 3.63) is 41.0 Å². The summed E-state index contributed by atoms with van der Waals surface area (Å²) < 4.78 is 1.47. The molecule has 0 spiro atoms. The molecule has 0 aliphatic carbocycles. The molecule has 0 unspecified atom stereocenters. The summed E-state index contributed by atoms with van der Waals surface area (Å²) in [5.74, 6) is 0.419. The minimum atomic E-state index is -0.459. The summed E-state index contributed by atoms with van der Waals surface area (Å²) in [5.41, 5.74) is 6.57. The SMILES string of the molecule is Cn1ncc(C(N)=S)c1NC(=O)Nc1ccccc1Cl. The van der Waals surface area contributed by atoms with Gasteiger partial charge in [-0.05, 0) is 12.1 Å². The Morgan fingerprint density at radius 1 is 1.40 bits per heavy atom. The van der Waals surface area contributed by atoms with Crippen molar-refractivity contribution in [2.45, 2.75) is 0 Å². The smallest absolute Gasteiger partial charge is 0.324 e. The van der Waals surface area contributed by atoms with E-state index in [9.17, 15) is 4.79 Å². The molecule has 8 heteroatoms. The Morgan fingerprint density at radius 3 is 2.75 bits per heavy atom. The molecule has 104 valence electrons. The number of halogens is 1. The second-order valence-electron chi connectivity index (χ2n) is 3.95. The number of para-hydroxylation sites is 1. The van der Waals surface area contributed by atoms with Gasteiger partial charge in [-0.25, -0.2) is 4.79 Å². The van der Waals surface area contributed by atoms with Gasteiger partial charge in [-0.3, -0.25) is 10.00 Å². The van der Waals surface area contributed by atoms with Crippen molar-refractivity contribution in [2.24, 2.45) is 12.8 Å². The first-order valence-electron chi connectivity index (χ1n) is 5.63. The normalized spacial score (nSPS) is 10.1. The lowest BCUT2D eigenvalue weighted by molar-refractivity contribution is 0.262. The minimum absolute atomic E-state index is 0.158. The van der Waals surface area contributed by atoms with Crippen LogP contribution < -0.4 is 16.4 Å². The van der Waals surface area contributed by atoms with Gasteiger partial charge in [-0.1, -0.05) is 36.0 Å². The van der Waals surface area contributed by atoms with Crippen molar-refractivity contribution < 1.29 is 4.79 Å². The van der Waals surface area contributed by atoms with Crippen LogP contribution in [0.4, 0.5) is 16.3 Å². The number of carbonyl (C=O) groups is 1. The number of benzene rings is 1. The van der Waals surface area contributed by atoms with E-state index in [1.807, 2.05) is 0 Å². The number of hydrogen-bond donors (Lipinski definition) is 3. The van der Waals surface area contributed by atoms with Crippen LogP contribution >= 0.6 is 23.8 Å². The van der Waals surface area contributed by atoms with E-state index in [0.29, 0.717) is 22.1 Å². The number of carbonyl (C=O) groups excluding carboxylic acids is 1. The highest BCUT2D eigenvalue weighted by Gasteiger charge is 2.14. The molecule has 0 saturated carbocycles. The van der Waals surface area contributed by atoms with Crippen LogP contribution in [0.5, 0.6) is 0 Å². The van der Waals surface area contributed by atoms with E-state index in [-0.39, 0.29) is 4.99 Å². The van der Waals surface area contributed by atoms with E-state index in [1.165, 1.54) is 10.9 Å². The zero-order chi connectivity index (χ0) is 14.7. The number of anilines is 2. The maximum Gasteiger partial charge on any atom is 0.324 e. The maximum atomic E-state index is 12.0. The lowest BCUT2D eigenvalue weighted by Gasteiger charge is -2.10. The van der Waals surface area contributed by atoms with Gasteiger partial charge in [-0.2, -0.15) is 5.10 Å². The minimum Gasteiger partial charge on any atom is -0.389 e. The second kappa shape index (κ2) is 5.89. The van der Waals surface area contributed by atoms with Crippen molar-refractivity contribution in [1.29, 1.82) is 0 Å². The van der Waals surface area contributed by atoms with Gasteiger partial charge in [0.2, 0.25) is 0 Å². The Hall–Kier alpha value is -2.12. The highest BCUT2D eigenvalue weighted by Crippen LogP contribution is 2.21. The predicted molar refractivity (Wildman–Crippen MR) is 83.2 cm³/mol. The Labute approximate surface area is 125 Å². The van der Waals surface area contributed by atoms with Crippen LogP contribution in [0.15, 0.2) is 30.5 Å². The Morgan fingerprint density at radius 2 is 2.10 bits per heavy atom. The van der Waals surface area contributed by atoms with Crippen LogP contribution in [-0.4, -0.2) is 20.8 Å². The standard InChI is InChI=1S/C12H12ClN5OS/c1-18-11(7(6-15-18)10(14)20)17-12(19)16-9-5-3-2-4-8(9)13/h2-6H,1H3,(H2,14,20)(H2,16,17,19). The molecule has 2 aromatic rings. The first-order chi connectivity index (χ1) is 9.49. The van der Waals surface area contributed by atoms with E-state index in [1.54, 1.807) is 31.3 Å². The van der Waals surface area contributed by atoms with Crippen LogP contribution in [0.2, 0.25) is 5.02 Å². The molecule has 0 fully saturated rings. The molecule has 0 atom stereocenters. The monoisotopic (exact) mass is 309 g/mol. The van der Waals surface area contributed by atoms with Crippen molar-refractivity contribution in [3.8, 4) is 0 Å². The molecule has 20 heavy (non-hydrogen) atoms.